The molecule has 0 radical (unpaired) electrons. The summed E-state index contributed by atoms with van der Waals surface area (Å²) in [5.41, 5.74) is 1.25. The van der Waals surface area contributed by atoms with E-state index < -0.39 is 21.3 Å². The molecule has 1 fully saturated rings. The van der Waals surface area contributed by atoms with Gasteiger partial charge in [0.25, 0.3) is 11.1 Å². The maximum atomic E-state index is 12.9. The van der Waals surface area contributed by atoms with Gasteiger partial charge in [-0.3, -0.25) is 14.5 Å². The SMILES string of the molecule is COc1ccc(S(=O)(=O)Oc2ccc(/C=C3\SC(=O)N(Cc4cccc(Cl)c4)C3=O)cc2OC)cc1. The van der Waals surface area contributed by atoms with Gasteiger partial charge in [0, 0.05) is 5.02 Å². The molecule has 0 N–H and O–H groups in total. The number of halogens is 1. The highest BCUT2D eigenvalue weighted by atomic mass is 35.5. The molecule has 3 aromatic rings. The van der Waals surface area contributed by atoms with Gasteiger partial charge in [-0.15, -0.1) is 0 Å². The average molecular weight is 546 g/mol. The van der Waals surface area contributed by atoms with E-state index in [-0.39, 0.29) is 27.8 Å². The van der Waals surface area contributed by atoms with Gasteiger partial charge in [0.2, 0.25) is 0 Å². The van der Waals surface area contributed by atoms with Crippen molar-refractivity contribution in [2.45, 2.75) is 11.4 Å². The van der Waals surface area contributed by atoms with Gasteiger partial charge < -0.3 is 13.7 Å². The molecule has 0 unspecified atom stereocenters. The lowest BCUT2D eigenvalue weighted by atomic mass is 10.1. The van der Waals surface area contributed by atoms with Crippen LogP contribution in [0.3, 0.4) is 0 Å². The van der Waals surface area contributed by atoms with Gasteiger partial charge in [0.05, 0.1) is 25.7 Å². The van der Waals surface area contributed by atoms with Crippen molar-refractivity contribution in [3.05, 3.63) is 87.8 Å². The average Bonchev–Trinajstić information content (AvgIpc) is 3.12. The molecule has 8 nitrogen and oxygen atoms in total. The summed E-state index contributed by atoms with van der Waals surface area (Å²) in [4.78, 5) is 26.6. The van der Waals surface area contributed by atoms with Crippen LogP contribution in [0.2, 0.25) is 5.02 Å². The van der Waals surface area contributed by atoms with Crippen LogP contribution >= 0.6 is 23.4 Å². The zero-order chi connectivity index (χ0) is 25.9. The molecule has 1 aliphatic rings. The van der Waals surface area contributed by atoms with Gasteiger partial charge in [0.1, 0.15) is 10.6 Å². The van der Waals surface area contributed by atoms with Crippen LogP contribution < -0.4 is 13.7 Å². The third kappa shape index (κ3) is 5.67. The van der Waals surface area contributed by atoms with Crippen molar-refractivity contribution in [2.75, 3.05) is 14.2 Å². The second kappa shape index (κ2) is 10.7. The normalized spacial score (nSPS) is 14.9. The first-order chi connectivity index (χ1) is 17.2. The van der Waals surface area contributed by atoms with Crippen molar-refractivity contribution in [3.63, 3.8) is 0 Å². The highest BCUT2D eigenvalue weighted by Crippen LogP contribution is 2.36. The molecule has 0 aromatic heterocycles. The molecule has 11 heteroatoms. The number of nitrogens with zero attached hydrogens (tertiary/aromatic N) is 1. The highest BCUT2D eigenvalue weighted by Gasteiger charge is 2.35. The van der Waals surface area contributed by atoms with E-state index in [4.69, 9.17) is 25.3 Å². The first kappa shape index (κ1) is 25.6. The van der Waals surface area contributed by atoms with Crippen LogP contribution in [0.15, 0.2) is 76.5 Å². The topological polar surface area (TPSA) is 99.2 Å². The van der Waals surface area contributed by atoms with Crippen molar-refractivity contribution in [1.82, 2.24) is 4.90 Å². The van der Waals surface area contributed by atoms with Crippen LogP contribution in [0.25, 0.3) is 6.08 Å². The van der Waals surface area contributed by atoms with E-state index in [1.165, 1.54) is 56.7 Å². The quantitative estimate of drug-likeness (QED) is 0.275. The first-order valence-corrected chi connectivity index (χ1v) is 13.1. The molecule has 1 aliphatic heterocycles. The molecular formula is C25H20ClNO7S2. The number of carbonyl (C=O) groups is 2. The van der Waals surface area contributed by atoms with Gasteiger partial charge in [0.15, 0.2) is 11.5 Å². The largest absolute Gasteiger partial charge is 0.497 e. The third-order valence-electron chi connectivity index (χ3n) is 5.14. The molecule has 3 aromatic carbocycles. The van der Waals surface area contributed by atoms with Crippen LogP contribution in [-0.4, -0.2) is 38.7 Å². The second-order valence-corrected chi connectivity index (χ2v) is 10.5. The Hall–Kier alpha value is -3.47. The lowest BCUT2D eigenvalue weighted by molar-refractivity contribution is -0.123. The van der Waals surface area contributed by atoms with Crippen molar-refractivity contribution in [3.8, 4) is 17.2 Å². The maximum Gasteiger partial charge on any atom is 0.339 e. The number of thioether (sulfide) groups is 1. The Kier molecular flexibility index (Phi) is 7.58. The van der Waals surface area contributed by atoms with Gasteiger partial charge in [-0.1, -0.05) is 29.8 Å². The number of carbonyl (C=O) groups excluding carboxylic acids is 2. The summed E-state index contributed by atoms with van der Waals surface area (Å²) < 4.78 is 41.0. The summed E-state index contributed by atoms with van der Waals surface area (Å²) >= 11 is 6.81. The summed E-state index contributed by atoms with van der Waals surface area (Å²) in [6.45, 7) is 0.0991. The van der Waals surface area contributed by atoms with Crippen molar-refractivity contribution in [2.24, 2.45) is 0 Å². The van der Waals surface area contributed by atoms with Gasteiger partial charge >= 0.3 is 10.1 Å². The number of benzene rings is 3. The Morgan fingerprint density at radius 2 is 1.69 bits per heavy atom. The minimum absolute atomic E-state index is 0.0282. The number of hydrogen-bond donors (Lipinski definition) is 0. The van der Waals surface area contributed by atoms with Gasteiger partial charge in [-0.05, 0) is 77.5 Å². The third-order valence-corrected chi connectivity index (χ3v) is 7.53. The molecule has 4 rings (SSSR count). The summed E-state index contributed by atoms with van der Waals surface area (Å²) in [5.74, 6) is 0.178. The lowest BCUT2D eigenvalue weighted by Gasteiger charge is -2.13. The Morgan fingerprint density at radius 3 is 2.36 bits per heavy atom. The summed E-state index contributed by atoms with van der Waals surface area (Å²) in [5, 5.41) is 0.113. The van der Waals surface area contributed by atoms with E-state index in [0.29, 0.717) is 16.3 Å². The summed E-state index contributed by atoms with van der Waals surface area (Å²) in [6, 6.07) is 17.2. The number of hydrogen-bond acceptors (Lipinski definition) is 8. The van der Waals surface area contributed by atoms with Crippen molar-refractivity contribution in [1.29, 1.82) is 0 Å². The number of rotatable bonds is 8. The van der Waals surface area contributed by atoms with Crippen LogP contribution in [0.1, 0.15) is 11.1 Å². The molecule has 1 saturated heterocycles. The first-order valence-electron chi connectivity index (χ1n) is 10.5. The molecule has 0 bridgehead atoms. The van der Waals surface area contributed by atoms with Gasteiger partial charge in [-0.2, -0.15) is 8.42 Å². The summed E-state index contributed by atoms with van der Waals surface area (Å²) in [6.07, 6.45) is 1.53. The van der Waals surface area contributed by atoms with Crippen LogP contribution in [0.4, 0.5) is 4.79 Å². The van der Waals surface area contributed by atoms with E-state index in [2.05, 4.69) is 0 Å². The van der Waals surface area contributed by atoms with Crippen LogP contribution in [-0.2, 0) is 21.5 Å². The Morgan fingerprint density at radius 1 is 0.944 bits per heavy atom. The Bertz CT molecular complexity index is 1450. The minimum Gasteiger partial charge on any atom is -0.497 e. The Balaban J connectivity index is 1.54. The maximum absolute atomic E-state index is 12.9. The van der Waals surface area contributed by atoms with Crippen molar-refractivity contribution >= 4 is 50.7 Å². The molecule has 2 amide bonds. The molecule has 36 heavy (non-hydrogen) atoms. The molecule has 1 heterocycles. The number of methoxy groups -OCH3 is 2. The zero-order valence-electron chi connectivity index (χ0n) is 19.1. The van der Waals surface area contributed by atoms with E-state index in [9.17, 15) is 18.0 Å². The Labute approximate surface area is 217 Å². The lowest BCUT2D eigenvalue weighted by Crippen LogP contribution is -2.27. The molecular weight excluding hydrogens is 526 g/mol. The van der Waals surface area contributed by atoms with E-state index >= 15 is 0 Å². The molecule has 0 aliphatic carbocycles. The fourth-order valence-corrected chi connectivity index (χ4v) is 5.35. The van der Waals surface area contributed by atoms with Crippen molar-refractivity contribution < 1.29 is 31.7 Å². The second-order valence-electron chi connectivity index (χ2n) is 7.52. The number of imide groups is 1. The zero-order valence-corrected chi connectivity index (χ0v) is 21.5. The molecule has 186 valence electrons. The van der Waals surface area contributed by atoms with Crippen LogP contribution in [0.5, 0.6) is 17.2 Å². The van der Waals surface area contributed by atoms with Gasteiger partial charge in [-0.25, -0.2) is 0 Å². The molecule has 0 atom stereocenters. The summed E-state index contributed by atoms with van der Waals surface area (Å²) in [7, 11) is -1.29. The number of ether oxygens (including phenoxy) is 2. The highest BCUT2D eigenvalue weighted by molar-refractivity contribution is 8.18. The molecule has 0 spiro atoms. The van der Waals surface area contributed by atoms with E-state index in [0.717, 1.165) is 22.2 Å². The monoisotopic (exact) mass is 545 g/mol. The van der Waals surface area contributed by atoms with E-state index in [1.807, 2.05) is 0 Å². The van der Waals surface area contributed by atoms with E-state index in [1.54, 1.807) is 30.3 Å². The van der Waals surface area contributed by atoms with Crippen LogP contribution in [0, 0.1) is 0 Å². The fraction of sp³-hybridized carbons (Fsp3) is 0.120. The predicted molar refractivity (Wildman–Crippen MR) is 137 cm³/mol. The smallest absolute Gasteiger partial charge is 0.339 e. The molecule has 0 saturated carbocycles. The number of amides is 2. The standard InChI is InChI=1S/C25H20ClNO7S2/c1-32-19-7-9-20(10-8-19)36(30,31)34-21-11-6-16(13-22(21)33-2)14-23-24(28)27(25(29)35-23)15-17-4-3-5-18(26)12-17/h3-14H,15H2,1-2H3/b23-14-. The predicted octanol–water partition coefficient (Wildman–Crippen LogP) is 5.36. The fourth-order valence-electron chi connectivity index (χ4n) is 3.36. The minimum atomic E-state index is -4.13.